The van der Waals surface area contributed by atoms with Crippen molar-refractivity contribution in [2.75, 3.05) is 0 Å². The number of halogens is 1. The highest BCUT2D eigenvalue weighted by Gasteiger charge is 2.39. The number of benzene rings is 2. The molecule has 0 bridgehead atoms. The number of thiophene rings is 1. The van der Waals surface area contributed by atoms with E-state index in [0.29, 0.717) is 5.57 Å². The van der Waals surface area contributed by atoms with Crippen molar-refractivity contribution in [3.05, 3.63) is 87.8 Å². The van der Waals surface area contributed by atoms with Crippen LogP contribution in [0, 0.1) is 6.92 Å². The Morgan fingerprint density at radius 2 is 1.56 bits per heavy atom. The van der Waals surface area contributed by atoms with Crippen molar-refractivity contribution < 1.29 is 9.59 Å². The van der Waals surface area contributed by atoms with Crippen LogP contribution in [0.3, 0.4) is 0 Å². The minimum atomic E-state index is -0.438. The molecule has 5 heteroatoms. The van der Waals surface area contributed by atoms with E-state index in [0.717, 1.165) is 26.4 Å². The summed E-state index contributed by atoms with van der Waals surface area (Å²) in [6.45, 7) is 2.16. The molecule has 0 aliphatic carbocycles. The summed E-state index contributed by atoms with van der Waals surface area (Å²) in [6.07, 6.45) is 0. The van der Waals surface area contributed by atoms with Gasteiger partial charge >= 0.3 is 0 Å². The number of amides is 2. The van der Waals surface area contributed by atoms with Crippen molar-refractivity contribution in [3.63, 3.8) is 0 Å². The van der Waals surface area contributed by atoms with Crippen molar-refractivity contribution in [3.8, 4) is 10.4 Å². The van der Waals surface area contributed by atoms with Gasteiger partial charge in [-0.3, -0.25) is 14.5 Å². The van der Waals surface area contributed by atoms with E-state index in [4.69, 9.17) is 11.6 Å². The number of carbonyl (C=O) groups excluding carboxylic acids is 2. The molecular formula is C22H16ClNO2S. The Labute approximate surface area is 166 Å². The highest BCUT2D eigenvalue weighted by Crippen LogP contribution is 2.40. The third-order valence-electron chi connectivity index (χ3n) is 4.54. The highest BCUT2D eigenvalue weighted by molar-refractivity contribution is 7.15. The largest absolute Gasteiger partial charge is 0.273 e. The lowest BCUT2D eigenvalue weighted by atomic mass is 10.1. The maximum absolute atomic E-state index is 13.0. The molecule has 0 radical (unpaired) electrons. The molecule has 4 rings (SSSR count). The molecule has 2 heterocycles. The summed E-state index contributed by atoms with van der Waals surface area (Å²) in [5.41, 5.74) is 3.00. The summed E-state index contributed by atoms with van der Waals surface area (Å²) in [5, 5.41) is -0.00329. The predicted octanol–water partition coefficient (Wildman–Crippen LogP) is 5.24. The van der Waals surface area contributed by atoms with E-state index in [1.54, 1.807) is 11.3 Å². The normalized spacial score (nSPS) is 14.4. The molecule has 2 amide bonds. The van der Waals surface area contributed by atoms with Gasteiger partial charge in [0.2, 0.25) is 0 Å². The molecule has 2 aromatic carbocycles. The molecule has 0 saturated carbocycles. The minimum Gasteiger partial charge on any atom is -0.269 e. The van der Waals surface area contributed by atoms with E-state index in [2.05, 4.69) is 0 Å². The van der Waals surface area contributed by atoms with Gasteiger partial charge < -0.3 is 0 Å². The second-order valence-electron chi connectivity index (χ2n) is 6.32. The van der Waals surface area contributed by atoms with Gasteiger partial charge in [-0.1, -0.05) is 72.3 Å². The van der Waals surface area contributed by atoms with Crippen LogP contribution in [0.15, 0.2) is 71.8 Å². The zero-order valence-corrected chi connectivity index (χ0v) is 16.2. The van der Waals surface area contributed by atoms with E-state index in [1.165, 1.54) is 4.90 Å². The molecule has 0 unspecified atom stereocenters. The summed E-state index contributed by atoms with van der Waals surface area (Å²) in [4.78, 5) is 28.8. The van der Waals surface area contributed by atoms with Gasteiger partial charge in [-0.15, -0.1) is 11.3 Å². The lowest BCUT2D eigenvalue weighted by Crippen LogP contribution is -2.30. The summed E-state index contributed by atoms with van der Waals surface area (Å²) in [5.74, 6) is -0.776. The molecule has 3 aromatic rings. The number of hydrogen-bond acceptors (Lipinski definition) is 3. The Morgan fingerprint density at radius 1 is 0.926 bits per heavy atom. The maximum Gasteiger partial charge on any atom is 0.273 e. The van der Waals surface area contributed by atoms with Gasteiger partial charge in [0.15, 0.2) is 0 Å². The molecule has 0 spiro atoms. The third-order valence-corrected chi connectivity index (χ3v) is 5.99. The van der Waals surface area contributed by atoms with Crippen LogP contribution in [0.5, 0.6) is 0 Å². The van der Waals surface area contributed by atoms with Gasteiger partial charge in [-0.25, -0.2) is 0 Å². The first-order valence-electron chi connectivity index (χ1n) is 8.52. The first-order chi connectivity index (χ1) is 13.1. The lowest BCUT2D eigenvalue weighted by molar-refractivity contribution is -0.137. The van der Waals surface area contributed by atoms with Crippen LogP contribution < -0.4 is 0 Å². The second-order valence-corrected chi connectivity index (χ2v) is 7.95. The predicted molar refractivity (Wildman–Crippen MR) is 109 cm³/mol. The van der Waals surface area contributed by atoms with Crippen LogP contribution in [0.1, 0.15) is 16.0 Å². The molecule has 0 atom stereocenters. The Bertz CT molecular complexity index is 1050. The summed E-state index contributed by atoms with van der Waals surface area (Å²) >= 11 is 7.91. The van der Waals surface area contributed by atoms with Crippen LogP contribution >= 0.6 is 22.9 Å². The molecular weight excluding hydrogens is 378 g/mol. The maximum atomic E-state index is 13.0. The second kappa shape index (κ2) is 7.14. The average Bonchev–Trinajstić information content (AvgIpc) is 3.16. The Kier molecular flexibility index (Phi) is 4.68. The Balaban J connectivity index is 1.69. The van der Waals surface area contributed by atoms with Gasteiger partial charge in [0, 0.05) is 15.3 Å². The van der Waals surface area contributed by atoms with Gasteiger partial charge in [0.1, 0.15) is 5.03 Å². The van der Waals surface area contributed by atoms with Gasteiger partial charge in [-0.05, 0) is 24.1 Å². The SMILES string of the molecule is Cc1sc(-c2ccccc2)cc1C1=C(Cl)C(=O)N(Cc2ccccc2)C1=O. The molecule has 0 saturated heterocycles. The van der Waals surface area contributed by atoms with E-state index in [1.807, 2.05) is 73.7 Å². The van der Waals surface area contributed by atoms with E-state index < -0.39 is 5.91 Å². The van der Waals surface area contributed by atoms with Gasteiger partial charge in [0.05, 0.1) is 12.1 Å². The fourth-order valence-corrected chi connectivity index (χ4v) is 4.48. The number of carbonyl (C=O) groups is 2. The van der Waals surface area contributed by atoms with E-state index in [-0.39, 0.29) is 17.5 Å². The number of hydrogen-bond donors (Lipinski definition) is 0. The van der Waals surface area contributed by atoms with Crippen molar-refractivity contribution in [1.29, 1.82) is 0 Å². The third kappa shape index (κ3) is 3.22. The van der Waals surface area contributed by atoms with Crippen molar-refractivity contribution in [1.82, 2.24) is 4.90 Å². The molecule has 27 heavy (non-hydrogen) atoms. The quantitative estimate of drug-likeness (QED) is 0.568. The highest BCUT2D eigenvalue weighted by atomic mass is 35.5. The topological polar surface area (TPSA) is 37.4 Å². The van der Waals surface area contributed by atoms with Crippen LogP contribution in [0.25, 0.3) is 16.0 Å². The Morgan fingerprint density at radius 3 is 2.22 bits per heavy atom. The van der Waals surface area contributed by atoms with Gasteiger partial charge in [-0.2, -0.15) is 0 Å². The fraction of sp³-hybridized carbons (Fsp3) is 0.0909. The molecule has 134 valence electrons. The van der Waals surface area contributed by atoms with E-state index in [9.17, 15) is 9.59 Å². The number of imide groups is 1. The number of nitrogens with zero attached hydrogens (tertiary/aromatic N) is 1. The zero-order valence-electron chi connectivity index (χ0n) is 14.6. The van der Waals surface area contributed by atoms with E-state index >= 15 is 0 Å². The van der Waals surface area contributed by atoms with Crippen molar-refractivity contribution in [2.24, 2.45) is 0 Å². The van der Waals surface area contributed by atoms with Crippen LogP contribution in [-0.2, 0) is 16.1 Å². The zero-order chi connectivity index (χ0) is 19.0. The first-order valence-corrected chi connectivity index (χ1v) is 9.72. The smallest absolute Gasteiger partial charge is 0.269 e. The average molecular weight is 394 g/mol. The molecule has 1 aliphatic heterocycles. The fourth-order valence-electron chi connectivity index (χ4n) is 3.16. The van der Waals surface area contributed by atoms with Crippen LogP contribution in [0.2, 0.25) is 0 Å². The molecule has 0 fully saturated rings. The monoisotopic (exact) mass is 393 g/mol. The molecule has 1 aromatic heterocycles. The number of rotatable bonds is 4. The van der Waals surface area contributed by atoms with Crippen molar-refractivity contribution >= 4 is 40.3 Å². The van der Waals surface area contributed by atoms with Crippen molar-refractivity contribution in [2.45, 2.75) is 13.5 Å². The van der Waals surface area contributed by atoms with Gasteiger partial charge in [0.25, 0.3) is 11.8 Å². The first kappa shape index (κ1) is 17.7. The molecule has 3 nitrogen and oxygen atoms in total. The summed E-state index contributed by atoms with van der Waals surface area (Å²) in [7, 11) is 0. The summed E-state index contributed by atoms with van der Waals surface area (Å²) < 4.78 is 0. The van der Waals surface area contributed by atoms with Crippen LogP contribution in [-0.4, -0.2) is 16.7 Å². The summed E-state index contributed by atoms with van der Waals surface area (Å²) in [6, 6.07) is 21.3. The van der Waals surface area contributed by atoms with Crippen LogP contribution in [0.4, 0.5) is 0 Å². The lowest BCUT2D eigenvalue weighted by Gasteiger charge is -2.14. The standard InChI is InChI=1S/C22H16ClNO2S/c1-14-17(12-18(27-14)16-10-6-3-7-11-16)19-20(23)22(26)24(21(19)25)13-15-8-4-2-5-9-15/h2-12H,13H2,1H3. The minimum absolute atomic E-state index is 0.00329. The molecule has 0 N–H and O–H groups in total. The molecule has 1 aliphatic rings. The number of aryl methyl sites for hydroxylation is 1. The Hall–Kier alpha value is -2.69.